The van der Waals surface area contributed by atoms with Crippen molar-refractivity contribution < 1.29 is 9.32 Å². The third-order valence-corrected chi connectivity index (χ3v) is 3.91. The Balaban J connectivity index is 1.62. The number of piperidine rings is 1. The van der Waals surface area contributed by atoms with Gasteiger partial charge in [0.25, 0.3) is 0 Å². The summed E-state index contributed by atoms with van der Waals surface area (Å²) in [6, 6.07) is 0. The van der Waals surface area contributed by atoms with Crippen LogP contribution in [0.15, 0.2) is 4.52 Å². The Morgan fingerprint density at radius 1 is 1.25 bits per heavy atom. The molecule has 0 amide bonds. The minimum Gasteiger partial charge on any atom is -0.339 e. The minimum atomic E-state index is 0.104. The van der Waals surface area contributed by atoms with E-state index in [0.29, 0.717) is 24.1 Å². The fraction of sp³-hybridized carbons (Fsp3) is 0.727. The van der Waals surface area contributed by atoms with Crippen molar-refractivity contribution >= 4 is 5.78 Å². The Bertz CT molecular complexity index is 452. The van der Waals surface area contributed by atoms with Crippen LogP contribution in [0.25, 0.3) is 0 Å². The lowest BCUT2D eigenvalue weighted by molar-refractivity contribution is -0.121. The molecule has 0 N–H and O–H groups in total. The van der Waals surface area contributed by atoms with Crippen LogP contribution in [-0.4, -0.2) is 40.5 Å². The highest BCUT2D eigenvalue weighted by Crippen LogP contribution is 2.41. The number of rotatable bonds is 2. The van der Waals surface area contributed by atoms with Crippen molar-refractivity contribution in [3.63, 3.8) is 0 Å². The first-order chi connectivity index (χ1) is 7.81. The van der Waals surface area contributed by atoms with Crippen LogP contribution >= 0.6 is 0 Å². The molecule has 0 spiro atoms. The van der Waals surface area contributed by atoms with Gasteiger partial charge in [-0.05, 0) is 12.8 Å². The average Bonchev–Trinajstić information content (AvgIpc) is 2.76. The van der Waals surface area contributed by atoms with Crippen LogP contribution in [0.3, 0.4) is 0 Å². The summed E-state index contributed by atoms with van der Waals surface area (Å²) in [7, 11) is 0. The lowest BCUT2D eigenvalue weighted by Gasteiger charge is -2.17. The van der Waals surface area contributed by atoms with Gasteiger partial charge in [0, 0.05) is 24.9 Å². The molecule has 3 unspecified atom stereocenters. The van der Waals surface area contributed by atoms with E-state index in [-0.39, 0.29) is 11.8 Å². The minimum absolute atomic E-state index is 0.104. The Hall–Kier alpha value is -1.23. The summed E-state index contributed by atoms with van der Waals surface area (Å²) in [4.78, 5) is 18.3. The number of ketones is 1. The molecule has 0 radical (unpaired) electrons. The van der Waals surface area contributed by atoms with Crippen molar-refractivity contribution in [3.8, 4) is 0 Å². The van der Waals surface area contributed by atoms with Gasteiger partial charge in [-0.3, -0.25) is 9.69 Å². The molecule has 1 aromatic rings. The second kappa shape index (κ2) is 2.91. The molecule has 1 saturated carbocycles. The summed E-state index contributed by atoms with van der Waals surface area (Å²) >= 11 is 0. The number of carbonyl (C=O) groups is 1. The number of hydrogen-bond acceptors (Lipinski definition) is 5. The van der Waals surface area contributed by atoms with E-state index < -0.39 is 0 Å². The van der Waals surface area contributed by atoms with Crippen molar-refractivity contribution in [3.05, 3.63) is 11.7 Å². The molecule has 3 heterocycles. The van der Waals surface area contributed by atoms with Crippen LogP contribution in [0.4, 0.5) is 0 Å². The van der Waals surface area contributed by atoms with Gasteiger partial charge in [0.1, 0.15) is 0 Å². The van der Waals surface area contributed by atoms with Crippen molar-refractivity contribution in [2.24, 2.45) is 5.92 Å². The maximum atomic E-state index is 11.6. The lowest BCUT2D eigenvalue weighted by Crippen LogP contribution is -2.29. The molecule has 5 nitrogen and oxygen atoms in total. The molecule has 2 aliphatic heterocycles. The maximum Gasteiger partial charge on any atom is 0.231 e. The second-order valence-electron chi connectivity index (χ2n) is 5.14. The van der Waals surface area contributed by atoms with Crippen LogP contribution in [0.1, 0.15) is 36.4 Å². The first-order valence-electron chi connectivity index (χ1n) is 5.90. The Morgan fingerprint density at radius 3 is 2.75 bits per heavy atom. The van der Waals surface area contributed by atoms with Crippen LogP contribution in [0, 0.1) is 5.92 Å². The maximum absolute atomic E-state index is 11.6. The topological polar surface area (TPSA) is 59.2 Å². The molecule has 3 aliphatic rings. The van der Waals surface area contributed by atoms with Gasteiger partial charge in [-0.2, -0.15) is 4.98 Å². The number of carbonyl (C=O) groups excluding carboxylic acids is 1. The standard InChI is InChI=1S/C11H13N3O2/c15-9-5-14-3-7(9)8(4-14)11-12-10(13-16-11)6-1-2-6/h6-8H,1-5H2. The SMILES string of the molecule is O=C1CN2CC1C(c1nc(C3CC3)no1)C2. The van der Waals surface area contributed by atoms with Gasteiger partial charge in [-0.25, -0.2) is 0 Å². The molecule has 84 valence electrons. The predicted octanol–water partition coefficient (Wildman–Crippen LogP) is 0.545. The van der Waals surface area contributed by atoms with Crippen LogP contribution in [0.5, 0.6) is 0 Å². The van der Waals surface area contributed by atoms with Crippen molar-refractivity contribution in [1.29, 1.82) is 0 Å². The molecule has 1 aromatic heterocycles. The average molecular weight is 219 g/mol. The van der Waals surface area contributed by atoms with Crippen LogP contribution in [0.2, 0.25) is 0 Å². The summed E-state index contributed by atoms with van der Waals surface area (Å²) < 4.78 is 5.31. The summed E-state index contributed by atoms with van der Waals surface area (Å²) in [6.07, 6.45) is 2.36. The Morgan fingerprint density at radius 2 is 2.06 bits per heavy atom. The fourth-order valence-corrected chi connectivity index (χ4v) is 2.83. The van der Waals surface area contributed by atoms with E-state index in [0.717, 1.165) is 18.9 Å². The van der Waals surface area contributed by atoms with E-state index in [9.17, 15) is 4.79 Å². The van der Waals surface area contributed by atoms with Gasteiger partial charge >= 0.3 is 0 Å². The fourth-order valence-electron chi connectivity index (χ4n) is 2.83. The number of fused-ring (bicyclic) bond motifs is 2. The zero-order valence-electron chi connectivity index (χ0n) is 8.93. The van der Waals surface area contributed by atoms with Crippen molar-refractivity contribution in [1.82, 2.24) is 15.0 Å². The van der Waals surface area contributed by atoms with Crippen LogP contribution < -0.4 is 0 Å². The molecule has 0 aromatic carbocycles. The summed E-state index contributed by atoms with van der Waals surface area (Å²) in [6.45, 7) is 2.40. The monoisotopic (exact) mass is 219 g/mol. The van der Waals surface area contributed by atoms with Gasteiger partial charge in [-0.1, -0.05) is 5.16 Å². The first kappa shape index (κ1) is 8.87. The van der Waals surface area contributed by atoms with Gasteiger partial charge in [-0.15, -0.1) is 0 Å². The number of Topliss-reactive ketones (excluding diaryl/α,β-unsaturated/α-hetero) is 1. The smallest absolute Gasteiger partial charge is 0.231 e. The largest absolute Gasteiger partial charge is 0.339 e. The van der Waals surface area contributed by atoms with Gasteiger partial charge in [0.15, 0.2) is 11.6 Å². The van der Waals surface area contributed by atoms with E-state index in [1.165, 1.54) is 12.8 Å². The third kappa shape index (κ3) is 1.18. The molecule has 3 atom stereocenters. The van der Waals surface area contributed by atoms with Gasteiger partial charge in [0.2, 0.25) is 5.89 Å². The highest BCUT2D eigenvalue weighted by atomic mass is 16.5. The lowest BCUT2D eigenvalue weighted by atomic mass is 9.91. The number of hydrogen-bond donors (Lipinski definition) is 0. The molecule has 2 bridgehead atoms. The molecular formula is C11H13N3O2. The van der Waals surface area contributed by atoms with E-state index >= 15 is 0 Å². The first-order valence-corrected chi connectivity index (χ1v) is 5.90. The molecule has 16 heavy (non-hydrogen) atoms. The van der Waals surface area contributed by atoms with Crippen LogP contribution in [-0.2, 0) is 4.79 Å². The normalized spacial score (nSPS) is 37.2. The van der Waals surface area contributed by atoms with Crippen molar-refractivity contribution in [2.75, 3.05) is 19.6 Å². The van der Waals surface area contributed by atoms with E-state index in [2.05, 4.69) is 15.0 Å². The van der Waals surface area contributed by atoms with E-state index in [1.54, 1.807) is 0 Å². The predicted molar refractivity (Wildman–Crippen MR) is 54.0 cm³/mol. The highest BCUT2D eigenvalue weighted by molar-refractivity contribution is 5.87. The summed E-state index contributed by atoms with van der Waals surface area (Å²) in [5.41, 5.74) is 0. The molecule has 1 aliphatic carbocycles. The van der Waals surface area contributed by atoms with Crippen molar-refractivity contribution in [2.45, 2.75) is 24.7 Å². The molecular weight excluding hydrogens is 206 g/mol. The Labute approximate surface area is 92.8 Å². The third-order valence-electron chi connectivity index (χ3n) is 3.91. The second-order valence-corrected chi connectivity index (χ2v) is 5.14. The quantitative estimate of drug-likeness (QED) is 0.726. The van der Waals surface area contributed by atoms with Gasteiger partial charge in [0.05, 0.1) is 12.5 Å². The highest BCUT2D eigenvalue weighted by Gasteiger charge is 2.47. The Kier molecular flexibility index (Phi) is 1.61. The molecule has 5 heteroatoms. The summed E-state index contributed by atoms with van der Waals surface area (Å²) in [5, 5.41) is 4.02. The number of aromatic nitrogens is 2. The summed E-state index contributed by atoms with van der Waals surface area (Å²) in [5.74, 6) is 2.64. The van der Waals surface area contributed by atoms with E-state index in [4.69, 9.17) is 4.52 Å². The molecule has 3 fully saturated rings. The molecule has 4 rings (SSSR count). The number of nitrogens with zero attached hydrogens (tertiary/aromatic N) is 3. The van der Waals surface area contributed by atoms with E-state index in [1.807, 2.05) is 0 Å². The zero-order chi connectivity index (χ0) is 10.7. The van der Waals surface area contributed by atoms with Gasteiger partial charge < -0.3 is 4.52 Å². The molecule has 2 saturated heterocycles. The zero-order valence-corrected chi connectivity index (χ0v) is 8.93.